The third kappa shape index (κ3) is 4.62. The molecule has 2 aromatic carbocycles. The van der Waals surface area contributed by atoms with E-state index < -0.39 is 6.04 Å². The van der Waals surface area contributed by atoms with Crippen LogP contribution in [-0.4, -0.2) is 25.4 Å². The molecule has 0 aliphatic carbocycles. The van der Waals surface area contributed by atoms with Gasteiger partial charge in [-0.25, -0.2) is 0 Å². The van der Waals surface area contributed by atoms with Crippen molar-refractivity contribution >= 4 is 17.5 Å². The summed E-state index contributed by atoms with van der Waals surface area (Å²) in [7, 11) is 1.54. The zero-order valence-corrected chi connectivity index (χ0v) is 13.4. The smallest absolute Gasteiger partial charge is 0.246 e. The first kappa shape index (κ1) is 17.1. The van der Waals surface area contributed by atoms with E-state index in [1.165, 1.54) is 7.05 Å². The van der Waals surface area contributed by atoms with E-state index in [9.17, 15) is 9.59 Å². The zero-order valence-electron chi connectivity index (χ0n) is 13.4. The van der Waals surface area contributed by atoms with E-state index in [2.05, 4.69) is 21.9 Å². The van der Waals surface area contributed by atoms with Gasteiger partial charge in [0, 0.05) is 18.3 Å². The number of hydrogen-bond acceptors (Lipinski definition) is 3. The van der Waals surface area contributed by atoms with Crippen molar-refractivity contribution < 1.29 is 9.59 Å². The van der Waals surface area contributed by atoms with Gasteiger partial charge in [-0.15, -0.1) is 6.42 Å². The summed E-state index contributed by atoms with van der Waals surface area (Å²) in [4.78, 5) is 24.2. The van der Waals surface area contributed by atoms with Gasteiger partial charge >= 0.3 is 0 Å². The molecule has 2 amide bonds. The number of terminal acetylenes is 1. The summed E-state index contributed by atoms with van der Waals surface area (Å²) in [5.74, 6) is 1.97. The molecule has 0 unspecified atom stereocenters. The summed E-state index contributed by atoms with van der Waals surface area (Å²) >= 11 is 0. The highest BCUT2D eigenvalue weighted by Crippen LogP contribution is 2.13. The molecule has 0 bridgehead atoms. The Bertz CT molecular complexity index is 751. The Morgan fingerprint density at radius 1 is 1.12 bits per heavy atom. The molecule has 0 saturated carbocycles. The molecule has 24 heavy (non-hydrogen) atoms. The third-order valence-corrected chi connectivity index (χ3v) is 3.43. The molecule has 122 valence electrons. The minimum absolute atomic E-state index is 0.0361. The molecule has 0 aliphatic heterocycles. The fraction of sp³-hybridized carbons (Fsp3) is 0.158. The van der Waals surface area contributed by atoms with E-state index in [0.717, 1.165) is 16.8 Å². The maximum Gasteiger partial charge on any atom is 0.246 e. The Morgan fingerprint density at radius 2 is 1.88 bits per heavy atom. The van der Waals surface area contributed by atoms with Crippen LogP contribution < -0.4 is 16.0 Å². The van der Waals surface area contributed by atoms with Crippen LogP contribution in [0.1, 0.15) is 17.2 Å². The van der Waals surface area contributed by atoms with Crippen molar-refractivity contribution in [2.45, 2.75) is 6.04 Å². The van der Waals surface area contributed by atoms with Crippen LogP contribution in [0.3, 0.4) is 0 Å². The van der Waals surface area contributed by atoms with Gasteiger partial charge in [0.05, 0.1) is 6.54 Å². The van der Waals surface area contributed by atoms with Crippen molar-refractivity contribution in [3.05, 3.63) is 65.7 Å². The second kappa shape index (κ2) is 8.39. The van der Waals surface area contributed by atoms with E-state index in [1.807, 2.05) is 36.4 Å². The Labute approximate surface area is 141 Å². The predicted octanol–water partition coefficient (Wildman–Crippen LogP) is 1.68. The van der Waals surface area contributed by atoms with Crippen LogP contribution in [-0.2, 0) is 9.59 Å². The molecular formula is C19H19N3O2. The average Bonchev–Trinajstić information content (AvgIpc) is 2.64. The van der Waals surface area contributed by atoms with Crippen LogP contribution in [0.5, 0.6) is 0 Å². The monoisotopic (exact) mass is 321 g/mol. The van der Waals surface area contributed by atoms with Crippen molar-refractivity contribution in [1.29, 1.82) is 0 Å². The fourth-order valence-corrected chi connectivity index (χ4v) is 2.20. The van der Waals surface area contributed by atoms with Crippen LogP contribution in [0.2, 0.25) is 0 Å². The molecule has 5 nitrogen and oxygen atoms in total. The van der Waals surface area contributed by atoms with Crippen LogP contribution in [0, 0.1) is 12.3 Å². The van der Waals surface area contributed by atoms with Gasteiger partial charge in [-0.1, -0.05) is 42.3 Å². The van der Waals surface area contributed by atoms with Gasteiger partial charge in [-0.05, 0) is 23.8 Å². The fourth-order valence-electron chi connectivity index (χ4n) is 2.20. The molecule has 0 aliphatic rings. The maximum absolute atomic E-state index is 12.2. The molecule has 3 N–H and O–H groups in total. The lowest BCUT2D eigenvalue weighted by molar-refractivity contribution is -0.128. The first-order chi connectivity index (χ1) is 11.6. The van der Waals surface area contributed by atoms with Crippen LogP contribution in [0.4, 0.5) is 5.69 Å². The summed E-state index contributed by atoms with van der Waals surface area (Å²) < 4.78 is 0. The molecule has 2 rings (SSSR count). The largest absolute Gasteiger partial charge is 0.376 e. The summed E-state index contributed by atoms with van der Waals surface area (Å²) in [6.45, 7) is 0.0361. The van der Waals surface area contributed by atoms with Crippen molar-refractivity contribution in [2.24, 2.45) is 0 Å². The van der Waals surface area contributed by atoms with Gasteiger partial charge in [0.15, 0.2) is 0 Å². The first-order valence-corrected chi connectivity index (χ1v) is 7.50. The molecule has 0 spiro atoms. The first-order valence-electron chi connectivity index (χ1n) is 7.50. The topological polar surface area (TPSA) is 70.2 Å². The number of amides is 2. The SMILES string of the molecule is C#Cc1cccc(NCC(=O)N[C@@H](C(=O)NC)c2ccccc2)c1. The number of carbonyl (C=O) groups is 2. The van der Waals surface area contributed by atoms with Crippen molar-refractivity contribution in [1.82, 2.24) is 10.6 Å². The minimum atomic E-state index is -0.734. The lowest BCUT2D eigenvalue weighted by Crippen LogP contribution is -2.41. The summed E-state index contributed by atoms with van der Waals surface area (Å²) in [6.07, 6.45) is 5.35. The summed E-state index contributed by atoms with van der Waals surface area (Å²) in [5.41, 5.74) is 2.20. The number of benzene rings is 2. The number of nitrogens with one attached hydrogen (secondary N) is 3. The standard InChI is InChI=1S/C19H19N3O2/c1-3-14-8-7-11-16(12-14)21-13-17(23)22-18(19(24)20-2)15-9-5-4-6-10-15/h1,4-12,18,21H,13H2,2H3,(H,20,24)(H,22,23)/t18-/m1/s1. The van der Waals surface area contributed by atoms with E-state index in [1.54, 1.807) is 18.2 Å². The molecule has 2 aromatic rings. The molecule has 0 heterocycles. The molecule has 5 heteroatoms. The second-order valence-corrected chi connectivity index (χ2v) is 5.10. The maximum atomic E-state index is 12.2. The predicted molar refractivity (Wildman–Crippen MR) is 94.3 cm³/mol. The molecule has 1 atom stereocenters. The molecule has 0 aromatic heterocycles. The quantitative estimate of drug-likeness (QED) is 0.709. The number of rotatable bonds is 6. The van der Waals surface area contributed by atoms with Crippen LogP contribution in [0.15, 0.2) is 54.6 Å². The number of hydrogen-bond donors (Lipinski definition) is 3. The number of anilines is 1. The van der Waals surface area contributed by atoms with Crippen molar-refractivity contribution in [2.75, 3.05) is 18.9 Å². The van der Waals surface area contributed by atoms with Gasteiger partial charge in [0.2, 0.25) is 11.8 Å². The molecular weight excluding hydrogens is 302 g/mol. The van der Waals surface area contributed by atoms with E-state index >= 15 is 0 Å². The highest BCUT2D eigenvalue weighted by atomic mass is 16.2. The zero-order chi connectivity index (χ0) is 17.4. The van der Waals surface area contributed by atoms with E-state index in [4.69, 9.17) is 6.42 Å². The number of likely N-dealkylation sites (N-methyl/N-ethyl adjacent to an activating group) is 1. The molecule has 0 fully saturated rings. The van der Waals surface area contributed by atoms with Gasteiger partial charge in [0.25, 0.3) is 0 Å². The molecule has 0 radical (unpaired) electrons. The van der Waals surface area contributed by atoms with Crippen molar-refractivity contribution in [3.8, 4) is 12.3 Å². The van der Waals surface area contributed by atoms with Crippen LogP contribution >= 0.6 is 0 Å². The molecule has 0 saturated heterocycles. The average molecular weight is 321 g/mol. The van der Waals surface area contributed by atoms with E-state index in [-0.39, 0.29) is 18.4 Å². The van der Waals surface area contributed by atoms with Gasteiger partial charge in [-0.3, -0.25) is 9.59 Å². The highest BCUT2D eigenvalue weighted by Gasteiger charge is 2.21. The summed E-state index contributed by atoms with van der Waals surface area (Å²) in [6, 6.07) is 15.6. The van der Waals surface area contributed by atoms with Gasteiger partial charge in [-0.2, -0.15) is 0 Å². The van der Waals surface area contributed by atoms with Crippen LogP contribution in [0.25, 0.3) is 0 Å². The second-order valence-electron chi connectivity index (χ2n) is 5.10. The summed E-state index contributed by atoms with van der Waals surface area (Å²) in [5, 5.41) is 8.28. The lowest BCUT2D eigenvalue weighted by Gasteiger charge is -2.18. The Hall–Kier alpha value is -3.26. The Kier molecular flexibility index (Phi) is 5.98. The Balaban J connectivity index is 2.00. The lowest BCUT2D eigenvalue weighted by atomic mass is 10.1. The third-order valence-electron chi connectivity index (χ3n) is 3.43. The van der Waals surface area contributed by atoms with Crippen molar-refractivity contribution in [3.63, 3.8) is 0 Å². The Morgan fingerprint density at radius 3 is 2.54 bits per heavy atom. The number of carbonyl (C=O) groups excluding carboxylic acids is 2. The highest BCUT2D eigenvalue weighted by molar-refractivity contribution is 5.90. The van der Waals surface area contributed by atoms with Gasteiger partial charge < -0.3 is 16.0 Å². The van der Waals surface area contributed by atoms with E-state index in [0.29, 0.717) is 0 Å². The normalized spacial score (nSPS) is 11.0. The minimum Gasteiger partial charge on any atom is -0.376 e. The van der Waals surface area contributed by atoms with Gasteiger partial charge in [0.1, 0.15) is 6.04 Å².